The molecule has 116 valence electrons. The molecule has 0 aromatic rings. The predicted octanol–water partition coefficient (Wildman–Crippen LogP) is 2.29. The SMILES string of the molecule is CCC1CN(C)CCCN1C1CC(C)CCC1C(=O)O. The number of hydrogen-bond acceptors (Lipinski definition) is 3. The first-order valence-electron chi connectivity index (χ1n) is 8.20. The van der Waals surface area contributed by atoms with Crippen LogP contribution in [0.3, 0.4) is 0 Å². The smallest absolute Gasteiger partial charge is 0.308 e. The van der Waals surface area contributed by atoms with Gasteiger partial charge in [0.25, 0.3) is 0 Å². The van der Waals surface area contributed by atoms with Crippen molar-refractivity contribution in [1.82, 2.24) is 9.80 Å². The van der Waals surface area contributed by atoms with Crippen LogP contribution in [0.2, 0.25) is 0 Å². The minimum absolute atomic E-state index is 0.163. The molecule has 20 heavy (non-hydrogen) atoms. The lowest BCUT2D eigenvalue weighted by atomic mass is 9.77. The van der Waals surface area contributed by atoms with Crippen molar-refractivity contribution < 1.29 is 9.90 Å². The van der Waals surface area contributed by atoms with Crippen LogP contribution in [0.4, 0.5) is 0 Å². The Labute approximate surface area is 123 Å². The fourth-order valence-electron chi connectivity index (χ4n) is 4.07. The number of hydrogen-bond donors (Lipinski definition) is 1. The fraction of sp³-hybridized carbons (Fsp3) is 0.938. The molecular formula is C16H30N2O2. The summed E-state index contributed by atoms with van der Waals surface area (Å²) in [6, 6.07) is 0.757. The first-order valence-corrected chi connectivity index (χ1v) is 8.20. The van der Waals surface area contributed by atoms with Crippen LogP contribution in [-0.2, 0) is 4.79 Å². The zero-order chi connectivity index (χ0) is 14.7. The molecule has 0 radical (unpaired) electrons. The molecule has 4 atom stereocenters. The molecule has 0 bridgehead atoms. The molecule has 4 heteroatoms. The maximum atomic E-state index is 11.6. The van der Waals surface area contributed by atoms with Crippen molar-refractivity contribution in [3.05, 3.63) is 0 Å². The van der Waals surface area contributed by atoms with Crippen LogP contribution in [0, 0.1) is 11.8 Å². The molecule has 2 aliphatic rings. The van der Waals surface area contributed by atoms with E-state index in [0.717, 1.165) is 51.7 Å². The van der Waals surface area contributed by atoms with E-state index in [1.54, 1.807) is 0 Å². The normalized spacial score (nSPS) is 37.5. The Morgan fingerprint density at radius 3 is 2.70 bits per heavy atom. The molecule has 0 aromatic carbocycles. The van der Waals surface area contributed by atoms with Crippen molar-refractivity contribution in [3.8, 4) is 0 Å². The monoisotopic (exact) mass is 282 g/mol. The highest BCUT2D eigenvalue weighted by Gasteiger charge is 2.39. The van der Waals surface area contributed by atoms with Crippen molar-refractivity contribution in [3.63, 3.8) is 0 Å². The minimum Gasteiger partial charge on any atom is -0.481 e. The van der Waals surface area contributed by atoms with Gasteiger partial charge < -0.3 is 10.0 Å². The van der Waals surface area contributed by atoms with Crippen LogP contribution >= 0.6 is 0 Å². The third-order valence-corrected chi connectivity index (χ3v) is 5.24. The summed E-state index contributed by atoms with van der Waals surface area (Å²) in [7, 11) is 2.18. The Morgan fingerprint density at radius 2 is 2.05 bits per heavy atom. The predicted molar refractivity (Wildman–Crippen MR) is 80.8 cm³/mol. The van der Waals surface area contributed by atoms with Gasteiger partial charge in [0.1, 0.15) is 0 Å². The average molecular weight is 282 g/mol. The van der Waals surface area contributed by atoms with Crippen LogP contribution in [0.5, 0.6) is 0 Å². The first-order chi connectivity index (χ1) is 9.52. The fourth-order valence-corrected chi connectivity index (χ4v) is 4.07. The number of carboxylic acids is 1. The summed E-state index contributed by atoms with van der Waals surface area (Å²) in [4.78, 5) is 16.6. The van der Waals surface area contributed by atoms with Crippen molar-refractivity contribution in [2.24, 2.45) is 11.8 Å². The van der Waals surface area contributed by atoms with Crippen molar-refractivity contribution >= 4 is 5.97 Å². The Kier molecular flexibility index (Phi) is 5.44. The second-order valence-corrected chi connectivity index (χ2v) is 6.85. The molecule has 4 unspecified atom stereocenters. The summed E-state index contributed by atoms with van der Waals surface area (Å²) < 4.78 is 0. The molecule has 2 rings (SSSR count). The number of carboxylic acid groups (broad SMARTS) is 1. The van der Waals surface area contributed by atoms with Gasteiger partial charge in [-0.05, 0) is 51.6 Å². The van der Waals surface area contributed by atoms with E-state index in [-0.39, 0.29) is 12.0 Å². The topological polar surface area (TPSA) is 43.8 Å². The van der Waals surface area contributed by atoms with E-state index in [9.17, 15) is 9.90 Å². The van der Waals surface area contributed by atoms with E-state index in [1.807, 2.05) is 0 Å². The third-order valence-electron chi connectivity index (χ3n) is 5.24. The van der Waals surface area contributed by atoms with Gasteiger partial charge in [-0.25, -0.2) is 0 Å². The molecule has 1 aliphatic heterocycles. The lowest BCUT2D eigenvalue weighted by molar-refractivity contribution is -0.146. The van der Waals surface area contributed by atoms with Crippen molar-refractivity contribution in [1.29, 1.82) is 0 Å². The van der Waals surface area contributed by atoms with Gasteiger partial charge in [0.15, 0.2) is 0 Å². The number of aliphatic carboxylic acids is 1. The Balaban J connectivity index is 2.17. The lowest BCUT2D eigenvalue weighted by Gasteiger charge is -2.43. The van der Waals surface area contributed by atoms with E-state index in [1.165, 1.54) is 0 Å². The van der Waals surface area contributed by atoms with Gasteiger partial charge in [0.2, 0.25) is 0 Å². The number of nitrogens with zero attached hydrogens (tertiary/aromatic N) is 2. The van der Waals surface area contributed by atoms with E-state index >= 15 is 0 Å². The standard InChI is InChI=1S/C16H30N2O2/c1-4-13-11-17(3)8-5-9-18(13)15-10-12(2)6-7-14(15)16(19)20/h12-15H,4-11H2,1-3H3,(H,19,20). The van der Waals surface area contributed by atoms with Gasteiger partial charge in [0.05, 0.1) is 5.92 Å². The van der Waals surface area contributed by atoms with Gasteiger partial charge in [-0.1, -0.05) is 13.8 Å². The molecule has 4 nitrogen and oxygen atoms in total. The third kappa shape index (κ3) is 3.53. The van der Waals surface area contributed by atoms with E-state index in [0.29, 0.717) is 12.0 Å². The van der Waals surface area contributed by atoms with Gasteiger partial charge in [-0.2, -0.15) is 0 Å². The molecule has 1 saturated carbocycles. The molecule has 1 saturated heterocycles. The van der Waals surface area contributed by atoms with E-state index in [4.69, 9.17) is 0 Å². The quantitative estimate of drug-likeness (QED) is 0.862. The van der Waals surface area contributed by atoms with Gasteiger partial charge in [-0.3, -0.25) is 9.69 Å². The highest BCUT2D eigenvalue weighted by molar-refractivity contribution is 5.71. The van der Waals surface area contributed by atoms with Crippen LogP contribution < -0.4 is 0 Å². The molecular weight excluding hydrogens is 252 g/mol. The van der Waals surface area contributed by atoms with Crippen LogP contribution in [0.15, 0.2) is 0 Å². The highest BCUT2D eigenvalue weighted by atomic mass is 16.4. The summed E-state index contributed by atoms with van der Waals surface area (Å²) >= 11 is 0. The Hall–Kier alpha value is -0.610. The van der Waals surface area contributed by atoms with Gasteiger partial charge >= 0.3 is 5.97 Å². The Bertz CT molecular complexity index is 334. The molecule has 1 N–H and O–H groups in total. The highest BCUT2D eigenvalue weighted by Crippen LogP contribution is 2.34. The van der Waals surface area contributed by atoms with Gasteiger partial charge in [-0.15, -0.1) is 0 Å². The molecule has 2 fully saturated rings. The van der Waals surface area contributed by atoms with Gasteiger partial charge in [0, 0.05) is 25.2 Å². The van der Waals surface area contributed by atoms with Crippen molar-refractivity contribution in [2.45, 2.75) is 58.0 Å². The molecule has 1 aliphatic carbocycles. The summed E-state index contributed by atoms with van der Waals surface area (Å²) in [6.45, 7) is 7.78. The largest absolute Gasteiger partial charge is 0.481 e. The second kappa shape index (κ2) is 6.90. The molecule has 0 aromatic heterocycles. The summed E-state index contributed by atoms with van der Waals surface area (Å²) in [5, 5.41) is 9.57. The maximum Gasteiger partial charge on any atom is 0.308 e. The first kappa shape index (κ1) is 15.8. The summed E-state index contributed by atoms with van der Waals surface area (Å²) in [6.07, 6.45) is 5.24. The molecule has 1 heterocycles. The summed E-state index contributed by atoms with van der Waals surface area (Å²) in [5.41, 5.74) is 0. The zero-order valence-electron chi connectivity index (χ0n) is 13.2. The molecule has 0 spiro atoms. The number of carbonyl (C=O) groups is 1. The number of likely N-dealkylation sites (N-methyl/N-ethyl adjacent to an activating group) is 1. The maximum absolute atomic E-state index is 11.6. The second-order valence-electron chi connectivity index (χ2n) is 6.85. The summed E-state index contributed by atoms with van der Waals surface area (Å²) in [5.74, 6) is -0.0906. The Morgan fingerprint density at radius 1 is 1.30 bits per heavy atom. The average Bonchev–Trinajstić information content (AvgIpc) is 2.59. The van der Waals surface area contributed by atoms with Crippen LogP contribution in [0.1, 0.15) is 46.0 Å². The minimum atomic E-state index is -0.589. The van der Waals surface area contributed by atoms with Crippen molar-refractivity contribution in [2.75, 3.05) is 26.7 Å². The zero-order valence-corrected chi connectivity index (χ0v) is 13.2. The van der Waals surface area contributed by atoms with E-state index < -0.39 is 5.97 Å². The van der Waals surface area contributed by atoms with Crippen LogP contribution in [-0.4, -0.2) is 59.6 Å². The van der Waals surface area contributed by atoms with E-state index in [2.05, 4.69) is 30.7 Å². The number of rotatable bonds is 3. The lowest BCUT2D eigenvalue weighted by Crippen LogP contribution is -2.52. The van der Waals surface area contributed by atoms with Crippen LogP contribution in [0.25, 0.3) is 0 Å². The molecule has 0 amide bonds.